The first-order valence-electron chi connectivity index (χ1n) is 9.32. The summed E-state index contributed by atoms with van der Waals surface area (Å²) in [7, 11) is 1.57. The summed E-state index contributed by atoms with van der Waals surface area (Å²) >= 11 is 0. The average molecular weight is 357 g/mol. The summed E-state index contributed by atoms with van der Waals surface area (Å²) in [6, 6.07) is 3.37. The molecule has 0 radical (unpaired) electrons. The number of hydrogen-bond acceptors (Lipinski definition) is 5. The lowest BCUT2D eigenvalue weighted by Gasteiger charge is -2.55. The van der Waals surface area contributed by atoms with Crippen molar-refractivity contribution in [1.82, 2.24) is 5.32 Å². The van der Waals surface area contributed by atoms with Gasteiger partial charge in [0.15, 0.2) is 23.4 Å². The largest absolute Gasteiger partial charge is 0.493 e. The molecule has 0 spiro atoms. The van der Waals surface area contributed by atoms with E-state index in [9.17, 15) is 14.7 Å². The number of nitrogens with one attached hydrogen (secondary N) is 1. The van der Waals surface area contributed by atoms with Gasteiger partial charge in [-0.3, -0.25) is 9.59 Å². The molecule has 0 aromatic heterocycles. The third kappa shape index (κ3) is 1.80. The number of Topliss-reactive ketones (excluding diaryl/α,β-unsaturated/α-hetero) is 1. The van der Waals surface area contributed by atoms with Crippen LogP contribution in [0.2, 0.25) is 0 Å². The van der Waals surface area contributed by atoms with Crippen molar-refractivity contribution in [3.8, 4) is 11.5 Å². The van der Waals surface area contributed by atoms with Gasteiger partial charge in [-0.25, -0.2) is 0 Å². The number of hydrogen-bond donors (Lipinski definition) is 2. The van der Waals surface area contributed by atoms with Gasteiger partial charge in [0, 0.05) is 17.9 Å². The van der Waals surface area contributed by atoms with Crippen LogP contribution in [-0.4, -0.2) is 41.7 Å². The Labute approximate surface area is 151 Å². The summed E-state index contributed by atoms with van der Waals surface area (Å²) in [6.07, 6.45) is 2.19. The Kier molecular flexibility index (Phi) is 3.10. The van der Waals surface area contributed by atoms with Gasteiger partial charge in [0.25, 0.3) is 0 Å². The first kappa shape index (κ1) is 16.1. The van der Waals surface area contributed by atoms with Crippen LogP contribution in [0.25, 0.3) is 0 Å². The van der Waals surface area contributed by atoms with Gasteiger partial charge in [-0.05, 0) is 44.2 Å². The van der Waals surface area contributed by atoms with E-state index < -0.39 is 23.2 Å². The predicted octanol–water partition coefficient (Wildman–Crippen LogP) is 1.26. The van der Waals surface area contributed by atoms with Gasteiger partial charge in [-0.1, -0.05) is 6.07 Å². The lowest BCUT2D eigenvalue weighted by molar-refractivity contribution is -0.157. The third-order valence-corrected chi connectivity index (χ3v) is 6.92. The Hall–Kier alpha value is -2.08. The number of ketones is 1. The highest BCUT2D eigenvalue weighted by molar-refractivity contribution is 5.90. The molecule has 1 aromatic carbocycles. The van der Waals surface area contributed by atoms with E-state index >= 15 is 0 Å². The maximum Gasteiger partial charge on any atom is 0.223 e. The van der Waals surface area contributed by atoms with Crippen LogP contribution in [0.5, 0.6) is 11.5 Å². The molecule has 6 heteroatoms. The van der Waals surface area contributed by atoms with E-state index in [1.54, 1.807) is 7.11 Å². The Morgan fingerprint density at radius 3 is 2.85 bits per heavy atom. The summed E-state index contributed by atoms with van der Waals surface area (Å²) in [5.74, 6) is 1.22. The van der Waals surface area contributed by atoms with Gasteiger partial charge in [-0.15, -0.1) is 0 Å². The molecule has 4 atom stereocenters. The van der Waals surface area contributed by atoms with Crippen molar-refractivity contribution in [2.45, 2.75) is 62.2 Å². The minimum atomic E-state index is -1.22. The van der Waals surface area contributed by atoms with Crippen LogP contribution >= 0.6 is 0 Å². The number of benzene rings is 1. The van der Waals surface area contributed by atoms with Gasteiger partial charge in [0.2, 0.25) is 5.91 Å². The van der Waals surface area contributed by atoms with Crippen LogP contribution in [-0.2, 0) is 21.4 Å². The molecular formula is C20H23NO5. The van der Waals surface area contributed by atoms with E-state index in [2.05, 4.69) is 5.32 Å². The fourth-order valence-corrected chi connectivity index (χ4v) is 5.25. The fourth-order valence-electron chi connectivity index (χ4n) is 5.25. The Balaban J connectivity index is 1.67. The standard InChI is InChI=1S/C20H23NO5/c1-19-15-11-5-6-13(25-2)16(15)26-17(19)12(22)7-8-20(19,24)14(9-11)21-18(23)10-3-4-10/h5-6,10,14,17,24H,3-4,7-9H2,1-2H3,(H,21,23)/t14-,17+,19?,20-/m0/s1. The highest BCUT2D eigenvalue weighted by atomic mass is 16.5. The van der Waals surface area contributed by atoms with Gasteiger partial charge in [-0.2, -0.15) is 0 Å². The zero-order chi connectivity index (χ0) is 18.3. The van der Waals surface area contributed by atoms with Gasteiger partial charge in [0.1, 0.15) is 0 Å². The normalized spacial score (nSPS) is 37.0. The molecule has 3 aliphatic carbocycles. The van der Waals surface area contributed by atoms with Crippen LogP contribution in [0, 0.1) is 5.92 Å². The van der Waals surface area contributed by atoms with E-state index in [-0.39, 0.29) is 24.0 Å². The van der Waals surface area contributed by atoms with Crippen LogP contribution in [0.1, 0.15) is 43.7 Å². The highest BCUT2D eigenvalue weighted by Crippen LogP contribution is 2.61. The smallest absolute Gasteiger partial charge is 0.223 e. The molecule has 1 unspecified atom stereocenters. The molecule has 6 nitrogen and oxygen atoms in total. The first-order valence-corrected chi connectivity index (χ1v) is 9.32. The second-order valence-corrected chi connectivity index (χ2v) is 8.26. The van der Waals surface area contributed by atoms with E-state index in [1.807, 2.05) is 19.1 Å². The van der Waals surface area contributed by atoms with E-state index in [0.29, 0.717) is 24.3 Å². The van der Waals surface area contributed by atoms with Gasteiger partial charge in [0.05, 0.1) is 24.2 Å². The molecule has 1 aromatic rings. The lowest BCUT2D eigenvalue weighted by Crippen LogP contribution is -2.72. The SMILES string of the molecule is COc1ccc2c3c1O[C@@H]1C(=O)CC[C@](O)([C@@H](NC(=O)C4CC4)C2)C31C. The van der Waals surface area contributed by atoms with Crippen molar-refractivity contribution >= 4 is 11.7 Å². The lowest BCUT2D eigenvalue weighted by atomic mass is 9.53. The number of aliphatic hydroxyl groups is 1. The molecular weight excluding hydrogens is 334 g/mol. The predicted molar refractivity (Wildman–Crippen MR) is 92.3 cm³/mol. The number of ether oxygens (including phenoxy) is 2. The molecule has 1 aliphatic heterocycles. The van der Waals surface area contributed by atoms with E-state index in [0.717, 1.165) is 24.0 Å². The fraction of sp³-hybridized carbons (Fsp3) is 0.600. The van der Waals surface area contributed by atoms with E-state index in [4.69, 9.17) is 9.47 Å². The highest BCUT2D eigenvalue weighted by Gasteiger charge is 2.69. The van der Waals surface area contributed by atoms with Crippen molar-refractivity contribution < 1.29 is 24.2 Å². The van der Waals surface area contributed by atoms with Crippen molar-refractivity contribution in [2.75, 3.05) is 7.11 Å². The zero-order valence-corrected chi connectivity index (χ0v) is 15.0. The van der Waals surface area contributed by atoms with Crippen LogP contribution in [0.3, 0.4) is 0 Å². The minimum absolute atomic E-state index is 0.00412. The molecule has 0 bridgehead atoms. The second-order valence-electron chi connectivity index (χ2n) is 8.26. The van der Waals surface area contributed by atoms with Crippen molar-refractivity contribution in [3.05, 3.63) is 23.3 Å². The zero-order valence-electron chi connectivity index (χ0n) is 15.0. The third-order valence-electron chi connectivity index (χ3n) is 6.92. The molecule has 2 N–H and O–H groups in total. The number of amides is 1. The van der Waals surface area contributed by atoms with Crippen molar-refractivity contribution in [2.24, 2.45) is 5.92 Å². The summed E-state index contributed by atoms with van der Waals surface area (Å²) in [6.45, 7) is 1.90. The van der Waals surface area contributed by atoms with Gasteiger partial charge >= 0.3 is 0 Å². The summed E-state index contributed by atoms with van der Waals surface area (Å²) < 4.78 is 11.5. The van der Waals surface area contributed by atoms with Gasteiger partial charge < -0.3 is 19.9 Å². The number of rotatable bonds is 3. The summed E-state index contributed by atoms with van der Waals surface area (Å²) in [4.78, 5) is 25.1. The van der Waals surface area contributed by atoms with E-state index in [1.165, 1.54) is 0 Å². The monoisotopic (exact) mass is 357 g/mol. The maximum atomic E-state index is 12.7. The molecule has 1 amide bonds. The molecule has 1 heterocycles. The van der Waals surface area contributed by atoms with Crippen LogP contribution in [0.4, 0.5) is 0 Å². The average Bonchev–Trinajstić information content (AvgIpc) is 3.41. The first-order chi connectivity index (χ1) is 12.4. The molecule has 2 fully saturated rings. The van der Waals surface area contributed by atoms with Crippen molar-refractivity contribution in [1.29, 1.82) is 0 Å². The number of carbonyl (C=O) groups excluding carboxylic acids is 2. The molecule has 26 heavy (non-hydrogen) atoms. The van der Waals surface area contributed by atoms with Crippen molar-refractivity contribution in [3.63, 3.8) is 0 Å². The molecule has 0 saturated heterocycles. The summed E-state index contributed by atoms with van der Waals surface area (Å²) in [5.41, 5.74) is -0.234. The topological polar surface area (TPSA) is 84.9 Å². The second kappa shape index (κ2) is 5.00. The maximum absolute atomic E-state index is 12.7. The quantitative estimate of drug-likeness (QED) is 0.851. The summed E-state index contributed by atoms with van der Waals surface area (Å²) in [5, 5.41) is 14.9. The Morgan fingerprint density at radius 2 is 2.15 bits per heavy atom. The number of carbonyl (C=O) groups is 2. The molecule has 138 valence electrons. The van der Waals surface area contributed by atoms with Crippen LogP contribution in [0.15, 0.2) is 12.1 Å². The molecule has 2 saturated carbocycles. The minimum Gasteiger partial charge on any atom is -0.493 e. The number of methoxy groups -OCH3 is 1. The Bertz CT molecular complexity index is 832. The molecule has 5 rings (SSSR count). The molecule has 4 aliphatic rings. The Morgan fingerprint density at radius 1 is 1.38 bits per heavy atom. The van der Waals surface area contributed by atoms with Crippen LogP contribution < -0.4 is 14.8 Å².